The second-order valence-electron chi connectivity index (χ2n) is 11.7. The van der Waals surface area contributed by atoms with Gasteiger partial charge in [-0.05, 0) is 39.0 Å². The molecule has 0 spiro atoms. The number of hydrogen-bond donors (Lipinski definition) is 0. The van der Waals surface area contributed by atoms with Crippen molar-refractivity contribution in [2.75, 3.05) is 57.6 Å². The number of carbonyl (C=O) groups excluding carboxylic acids is 3. The lowest BCUT2D eigenvalue weighted by Crippen LogP contribution is -2.53. The first-order chi connectivity index (χ1) is 20.5. The van der Waals surface area contributed by atoms with E-state index in [9.17, 15) is 14.4 Å². The van der Waals surface area contributed by atoms with Crippen LogP contribution in [0.5, 0.6) is 11.5 Å². The molecule has 0 radical (unpaired) electrons. The van der Waals surface area contributed by atoms with Crippen LogP contribution in [0.15, 0.2) is 48.5 Å². The van der Waals surface area contributed by atoms with Crippen molar-refractivity contribution < 1.29 is 23.9 Å². The smallest absolute Gasteiger partial charge is 0.242 e. The molecule has 2 aliphatic rings. The van der Waals surface area contributed by atoms with E-state index in [0.29, 0.717) is 43.5 Å². The number of thioether (sulfide) groups is 1. The van der Waals surface area contributed by atoms with Crippen LogP contribution >= 0.6 is 11.8 Å². The summed E-state index contributed by atoms with van der Waals surface area (Å²) in [5.41, 5.74) is 2.85. The Balaban J connectivity index is 1.68. The zero-order valence-electron chi connectivity index (χ0n) is 25.6. The highest BCUT2D eigenvalue weighted by atomic mass is 32.2. The average Bonchev–Trinajstić information content (AvgIpc) is 3.35. The Labute approximate surface area is 256 Å². The van der Waals surface area contributed by atoms with E-state index < -0.39 is 5.54 Å². The Morgan fingerprint density at radius 2 is 1.65 bits per heavy atom. The molecule has 0 unspecified atom stereocenters. The molecule has 1 atom stereocenters. The SMILES string of the molecule is COc1ccc(OC)c([C@H]2SCC(=O)N(CC(=O)N3CCN(C(C)=O)CC3)c3c2c(-c2ccccc2)nn3C(C)(C)C)c1. The minimum atomic E-state index is -0.510. The second-order valence-corrected chi connectivity index (χ2v) is 12.8. The maximum Gasteiger partial charge on any atom is 0.242 e. The number of amides is 3. The van der Waals surface area contributed by atoms with Gasteiger partial charge in [-0.15, -0.1) is 11.8 Å². The summed E-state index contributed by atoms with van der Waals surface area (Å²) in [4.78, 5) is 44.7. The molecule has 43 heavy (non-hydrogen) atoms. The fraction of sp³-hybridized carbons (Fsp3) is 0.438. The number of benzene rings is 2. The molecule has 1 fully saturated rings. The van der Waals surface area contributed by atoms with Gasteiger partial charge in [-0.1, -0.05) is 30.3 Å². The first-order valence-electron chi connectivity index (χ1n) is 14.4. The standard InChI is InChI=1S/C32H39N5O5S/c1-21(38)34-14-16-35(17-15-34)26(39)19-36-27(40)20-43-30(24-18-23(41-5)12-13-25(24)42-6)28-29(22-10-8-7-9-11-22)33-37(31(28)36)32(2,3)4/h7-13,18,30H,14-17,19-20H2,1-6H3/t30-/m1/s1. The van der Waals surface area contributed by atoms with Gasteiger partial charge in [-0.3, -0.25) is 19.3 Å². The van der Waals surface area contributed by atoms with Crippen molar-refractivity contribution in [2.45, 2.75) is 38.5 Å². The summed E-state index contributed by atoms with van der Waals surface area (Å²) in [6, 6.07) is 15.6. The van der Waals surface area contributed by atoms with Crippen molar-refractivity contribution >= 4 is 35.3 Å². The summed E-state index contributed by atoms with van der Waals surface area (Å²) in [7, 11) is 3.25. The molecule has 5 rings (SSSR count). The highest BCUT2D eigenvalue weighted by molar-refractivity contribution is 8.00. The molecule has 0 bridgehead atoms. The summed E-state index contributed by atoms with van der Waals surface area (Å²) in [6.45, 7) is 9.36. The summed E-state index contributed by atoms with van der Waals surface area (Å²) in [5.74, 6) is 1.78. The lowest BCUT2D eigenvalue weighted by Gasteiger charge is -2.35. The van der Waals surface area contributed by atoms with Gasteiger partial charge in [0.15, 0.2) is 0 Å². The van der Waals surface area contributed by atoms with Crippen molar-refractivity contribution in [1.82, 2.24) is 19.6 Å². The summed E-state index contributed by atoms with van der Waals surface area (Å²) >= 11 is 1.49. The van der Waals surface area contributed by atoms with E-state index in [-0.39, 0.29) is 35.3 Å². The van der Waals surface area contributed by atoms with E-state index in [1.807, 2.05) is 74.0 Å². The number of methoxy groups -OCH3 is 2. The van der Waals surface area contributed by atoms with Crippen LogP contribution in [-0.4, -0.2) is 90.0 Å². The number of carbonyl (C=O) groups is 3. The number of anilines is 1. The second kappa shape index (κ2) is 12.3. The number of aromatic nitrogens is 2. The summed E-state index contributed by atoms with van der Waals surface area (Å²) in [6.07, 6.45) is 0. The van der Waals surface area contributed by atoms with Crippen LogP contribution in [0, 0.1) is 0 Å². The molecular formula is C32H39N5O5S. The normalized spacial score (nSPS) is 17.4. The molecule has 2 aliphatic heterocycles. The molecule has 3 amide bonds. The summed E-state index contributed by atoms with van der Waals surface area (Å²) < 4.78 is 13.3. The highest BCUT2D eigenvalue weighted by Gasteiger charge is 2.41. The third kappa shape index (κ3) is 6.08. The van der Waals surface area contributed by atoms with Gasteiger partial charge in [-0.2, -0.15) is 5.10 Å². The van der Waals surface area contributed by atoms with Crippen LogP contribution in [0.2, 0.25) is 0 Å². The topological polar surface area (TPSA) is 97.2 Å². The Hall–Kier alpha value is -3.99. The van der Waals surface area contributed by atoms with Gasteiger partial charge in [0.2, 0.25) is 17.7 Å². The van der Waals surface area contributed by atoms with E-state index in [1.54, 1.807) is 28.9 Å². The molecule has 0 N–H and O–H groups in total. The van der Waals surface area contributed by atoms with E-state index in [1.165, 1.54) is 18.7 Å². The predicted octanol–water partition coefficient (Wildman–Crippen LogP) is 4.18. The van der Waals surface area contributed by atoms with Crippen molar-refractivity contribution in [1.29, 1.82) is 0 Å². The van der Waals surface area contributed by atoms with Gasteiger partial charge in [0.25, 0.3) is 0 Å². The van der Waals surface area contributed by atoms with E-state index in [4.69, 9.17) is 14.6 Å². The van der Waals surface area contributed by atoms with E-state index in [2.05, 4.69) is 0 Å². The Kier molecular flexibility index (Phi) is 8.73. The number of nitrogens with zero attached hydrogens (tertiary/aromatic N) is 5. The number of rotatable bonds is 6. The van der Waals surface area contributed by atoms with Gasteiger partial charge in [0.1, 0.15) is 23.9 Å². The molecular weight excluding hydrogens is 566 g/mol. The molecule has 10 nitrogen and oxygen atoms in total. The molecule has 1 aromatic heterocycles. The lowest BCUT2D eigenvalue weighted by atomic mass is 9.98. The maximum atomic E-state index is 14.0. The van der Waals surface area contributed by atoms with Gasteiger partial charge < -0.3 is 19.3 Å². The molecule has 0 aliphatic carbocycles. The van der Waals surface area contributed by atoms with Crippen molar-refractivity contribution in [3.8, 4) is 22.8 Å². The molecule has 11 heteroatoms. The number of piperazine rings is 1. The molecule has 228 valence electrons. The number of hydrogen-bond acceptors (Lipinski definition) is 7. The first-order valence-corrected chi connectivity index (χ1v) is 15.4. The van der Waals surface area contributed by atoms with Crippen LogP contribution in [-0.2, 0) is 19.9 Å². The van der Waals surface area contributed by atoms with Gasteiger partial charge in [0, 0.05) is 49.8 Å². The van der Waals surface area contributed by atoms with E-state index in [0.717, 1.165) is 22.4 Å². The van der Waals surface area contributed by atoms with Crippen LogP contribution in [0.1, 0.15) is 44.1 Å². The fourth-order valence-corrected chi connectivity index (χ4v) is 6.80. The average molecular weight is 606 g/mol. The largest absolute Gasteiger partial charge is 0.497 e. The molecule has 3 heterocycles. The number of ether oxygens (including phenoxy) is 2. The molecule has 0 saturated carbocycles. The zero-order valence-corrected chi connectivity index (χ0v) is 26.4. The Bertz CT molecular complexity index is 1510. The van der Waals surface area contributed by atoms with Crippen molar-refractivity contribution in [2.24, 2.45) is 0 Å². The van der Waals surface area contributed by atoms with Gasteiger partial charge >= 0.3 is 0 Å². The van der Waals surface area contributed by atoms with E-state index >= 15 is 0 Å². The Morgan fingerprint density at radius 3 is 2.26 bits per heavy atom. The van der Waals surface area contributed by atoms with Crippen LogP contribution in [0.4, 0.5) is 5.82 Å². The van der Waals surface area contributed by atoms with Gasteiger partial charge in [-0.25, -0.2) is 4.68 Å². The predicted molar refractivity (Wildman–Crippen MR) is 168 cm³/mol. The monoisotopic (exact) mass is 605 g/mol. The minimum Gasteiger partial charge on any atom is -0.497 e. The van der Waals surface area contributed by atoms with Crippen LogP contribution in [0.25, 0.3) is 11.3 Å². The van der Waals surface area contributed by atoms with Crippen LogP contribution in [0.3, 0.4) is 0 Å². The zero-order chi connectivity index (χ0) is 30.9. The molecule has 3 aromatic rings. The maximum absolute atomic E-state index is 14.0. The third-order valence-corrected chi connectivity index (χ3v) is 9.10. The fourth-order valence-electron chi connectivity index (χ4n) is 5.59. The summed E-state index contributed by atoms with van der Waals surface area (Å²) in [5, 5.41) is 4.81. The first kappa shape index (κ1) is 30.5. The lowest BCUT2D eigenvalue weighted by molar-refractivity contribution is -0.137. The number of fused-ring (bicyclic) bond motifs is 1. The minimum absolute atomic E-state index is 0.00186. The van der Waals surface area contributed by atoms with Crippen LogP contribution < -0.4 is 14.4 Å². The molecule has 1 saturated heterocycles. The third-order valence-electron chi connectivity index (χ3n) is 7.86. The quantitative estimate of drug-likeness (QED) is 0.416. The molecule has 2 aromatic carbocycles. The Morgan fingerprint density at radius 1 is 0.977 bits per heavy atom. The highest BCUT2D eigenvalue weighted by Crippen LogP contribution is 2.51. The van der Waals surface area contributed by atoms with Crippen molar-refractivity contribution in [3.63, 3.8) is 0 Å². The van der Waals surface area contributed by atoms with Crippen molar-refractivity contribution in [3.05, 3.63) is 59.7 Å². The van der Waals surface area contributed by atoms with Gasteiger partial charge in [0.05, 0.1) is 36.5 Å².